The number of hydrogen-bond donors (Lipinski definition) is 1. The molecule has 1 aromatic heterocycles. The summed E-state index contributed by atoms with van der Waals surface area (Å²) in [5, 5.41) is 3.66. The van der Waals surface area contributed by atoms with E-state index in [1.165, 1.54) is 56.5 Å². The molecule has 3 rings (SSSR count). The van der Waals surface area contributed by atoms with Gasteiger partial charge in [-0.05, 0) is 52.6 Å². The zero-order valence-electron chi connectivity index (χ0n) is 14.3. The Hall–Kier alpha value is -0.980. The number of carbonyl (C=O) groups excluding carboxylic acids is 1. The molecule has 0 radical (unpaired) electrons. The summed E-state index contributed by atoms with van der Waals surface area (Å²) in [6, 6.07) is 0.643. The van der Waals surface area contributed by atoms with Crippen LogP contribution >= 0.6 is 11.3 Å². The van der Waals surface area contributed by atoms with Crippen molar-refractivity contribution in [3.8, 4) is 0 Å². The smallest absolute Gasteiger partial charge is 0.243 e. The Morgan fingerprint density at radius 1 is 1.26 bits per heavy atom. The first-order chi connectivity index (χ1) is 11.1. The van der Waals surface area contributed by atoms with Crippen LogP contribution in [-0.4, -0.2) is 59.0 Å². The van der Waals surface area contributed by atoms with Gasteiger partial charge < -0.3 is 10.2 Å². The van der Waals surface area contributed by atoms with Crippen LogP contribution in [0.25, 0.3) is 0 Å². The van der Waals surface area contributed by atoms with E-state index in [1.54, 1.807) is 6.20 Å². The van der Waals surface area contributed by atoms with Gasteiger partial charge in [0.2, 0.25) is 5.91 Å². The number of amides is 1. The molecule has 6 heteroatoms. The number of likely N-dealkylation sites (tertiary alicyclic amines) is 2. The molecule has 128 valence electrons. The van der Waals surface area contributed by atoms with E-state index in [1.807, 2.05) is 13.8 Å². The van der Waals surface area contributed by atoms with Crippen molar-refractivity contribution in [2.75, 3.05) is 31.5 Å². The first kappa shape index (κ1) is 16.9. The molecule has 3 heterocycles. The van der Waals surface area contributed by atoms with Gasteiger partial charge in [0.15, 0.2) is 5.13 Å². The van der Waals surface area contributed by atoms with Gasteiger partial charge in [-0.1, -0.05) is 6.42 Å². The number of carbonyl (C=O) groups is 1. The lowest BCUT2D eigenvalue weighted by molar-refractivity contribution is -0.121. The third-order valence-electron chi connectivity index (χ3n) is 5.18. The van der Waals surface area contributed by atoms with Crippen LogP contribution in [0, 0.1) is 6.92 Å². The van der Waals surface area contributed by atoms with Gasteiger partial charge in [0.25, 0.3) is 0 Å². The lowest BCUT2D eigenvalue weighted by Gasteiger charge is -2.41. The number of aryl methyl sites for hydroxylation is 1. The van der Waals surface area contributed by atoms with Gasteiger partial charge in [-0.3, -0.25) is 9.69 Å². The fraction of sp³-hybridized carbons (Fsp3) is 0.765. The summed E-state index contributed by atoms with van der Waals surface area (Å²) in [5.74, 6) is 0.0655. The molecule has 0 aliphatic carbocycles. The maximum atomic E-state index is 12.4. The lowest BCUT2D eigenvalue weighted by Crippen LogP contribution is -2.51. The van der Waals surface area contributed by atoms with Gasteiger partial charge >= 0.3 is 0 Å². The Labute approximate surface area is 143 Å². The number of nitrogens with one attached hydrogen (secondary N) is 1. The molecule has 1 aromatic rings. The van der Waals surface area contributed by atoms with Crippen molar-refractivity contribution in [2.45, 2.75) is 58.0 Å². The summed E-state index contributed by atoms with van der Waals surface area (Å²) in [6.45, 7) is 8.59. The van der Waals surface area contributed by atoms with E-state index >= 15 is 0 Å². The van der Waals surface area contributed by atoms with E-state index in [0.717, 1.165) is 24.0 Å². The van der Waals surface area contributed by atoms with Crippen molar-refractivity contribution in [1.82, 2.24) is 14.8 Å². The van der Waals surface area contributed by atoms with Crippen LogP contribution in [0.5, 0.6) is 0 Å². The summed E-state index contributed by atoms with van der Waals surface area (Å²) < 4.78 is 0. The molecule has 2 fully saturated rings. The molecule has 5 nitrogen and oxygen atoms in total. The number of nitrogens with zero attached hydrogens (tertiary/aromatic N) is 3. The molecule has 2 saturated heterocycles. The summed E-state index contributed by atoms with van der Waals surface area (Å²) in [5.41, 5.74) is 0. The highest BCUT2D eigenvalue weighted by atomic mass is 32.1. The number of rotatable bonds is 4. The van der Waals surface area contributed by atoms with E-state index in [0.29, 0.717) is 5.13 Å². The first-order valence-corrected chi connectivity index (χ1v) is 9.66. The zero-order valence-corrected chi connectivity index (χ0v) is 15.1. The molecule has 1 atom stereocenters. The van der Waals surface area contributed by atoms with E-state index in [2.05, 4.69) is 20.1 Å². The molecule has 0 bridgehead atoms. The summed E-state index contributed by atoms with van der Waals surface area (Å²) in [7, 11) is 0. The predicted octanol–water partition coefficient (Wildman–Crippen LogP) is 2.73. The fourth-order valence-corrected chi connectivity index (χ4v) is 4.38. The number of piperidine rings is 2. The topological polar surface area (TPSA) is 48.5 Å². The number of hydrogen-bond acceptors (Lipinski definition) is 5. The maximum absolute atomic E-state index is 12.4. The minimum Gasteiger partial charge on any atom is -0.301 e. The quantitative estimate of drug-likeness (QED) is 0.918. The van der Waals surface area contributed by atoms with Crippen molar-refractivity contribution < 1.29 is 4.79 Å². The van der Waals surface area contributed by atoms with Crippen LogP contribution in [0.4, 0.5) is 5.13 Å². The fourth-order valence-electron chi connectivity index (χ4n) is 3.71. The predicted molar refractivity (Wildman–Crippen MR) is 95.0 cm³/mol. The third kappa shape index (κ3) is 4.31. The average Bonchev–Trinajstić information content (AvgIpc) is 3.00. The normalized spacial score (nSPS) is 22.9. The minimum absolute atomic E-state index is 0.0655. The van der Waals surface area contributed by atoms with E-state index in [9.17, 15) is 4.79 Å². The molecule has 0 spiro atoms. The van der Waals surface area contributed by atoms with Crippen LogP contribution < -0.4 is 5.32 Å². The molecule has 1 amide bonds. The second kappa shape index (κ2) is 7.73. The second-order valence-electron chi connectivity index (χ2n) is 6.81. The molecule has 1 N–H and O–H groups in total. The standard InChI is InChI=1S/C17H28N4OS/c1-13-12-18-17(23-13)19-16(22)14(2)20-10-6-15(7-11-20)21-8-4-3-5-9-21/h12,14-15H,3-11H2,1-2H3,(H,18,19,22)/t14-/m1/s1. The average molecular weight is 337 g/mol. The van der Waals surface area contributed by atoms with Crippen molar-refractivity contribution in [3.05, 3.63) is 11.1 Å². The van der Waals surface area contributed by atoms with E-state index in [4.69, 9.17) is 0 Å². The molecular formula is C17H28N4OS. The van der Waals surface area contributed by atoms with Gasteiger partial charge in [0, 0.05) is 30.2 Å². The van der Waals surface area contributed by atoms with Gasteiger partial charge in [0.1, 0.15) is 0 Å². The van der Waals surface area contributed by atoms with Crippen LogP contribution in [-0.2, 0) is 4.79 Å². The van der Waals surface area contributed by atoms with Crippen LogP contribution in [0.3, 0.4) is 0 Å². The monoisotopic (exact) mass is 336 g/mol. The van der Waals surface area contributed by atoms with E-state index < -0.39 is 0 Å². The Morgan fingerprint density at radius 2 is 1.96 bits per heavy atom. The van der Waals surface area contributed by atoms with Crippen molar-refractivity contribution in [1.29, 1.82) is 0 Å². The first-order valence-electron chi connectivity index (χ1n) is 8.85. The Kier molecular flexibility index (Phi) is 5.67. The zero-order chi connectivity index (χ0) is 16.2. The Bertz CT molecular complexity index is 518. The van der Waals surface area contributed by atoms with Gasteiger partial charge in [0.05, 0.1) is 6.04 Å². The largest absolute Gasteiger partial charge is 0.301 e. The Morgan fingerprint density at radius 3 is 2.57 bits per heavy atom. The molecular weight excluding hydrogens is 308 g/mol. The number of anilines is 1. The molecule has 0 aromatic carbocycles. The van der Waals surface area contributed by atoms with Crippen LogP contribution in [0.1, 0.15) is 43.9 Å². The van der Waals surface area contributed by atoms with Crippen molar-refractivity contribution in [2.24, 2.45) is 0 Å². The number of aromatic nitrogens is 1. The maximum Gasteiger partial charge on any atom is 0.243 e. The lowest BCUT2D eigenvalue weighted by atomic mass is 9.99. The highest BCUT2D eigenvalue weighted by molar-refractivity contribution is 7.15. The SMILES string of the molecule is Cc1cnc(NC(=O)[C@@H](C)N2CCC(N3CCCCC3)CC2)s1. The second-order valence-corrected chi connectivity index (χ2v) is 8.04. The van der Waals surface area contributed by atoms with Gasteiger partial charge in [-0.2, -0.15) is 0 Å². The van der Waals surface area contributed by atoms with E-state index in [-0.39, 0.29) is 11.9 Å². The van der Waals surface area contributed by atoms with Gasteiger partial charge in [-0.25, -0.2) is 4.98 Å². The summed E-state index contributed by atoms with van der Waals surface area (Å²) >= 11 is 1.53. The molecule has 0 saturated carbocycles. The van der Waals surface area contributed by atoms with Crippen molar-refractivity contribution >= 4 is 22.4 Å². The van der Waals surface area contributed by atoms with Crippen LogP contribution in [0.2, 0.25) is 0 Å². The molecule has 2 aliphatic heterocycles. The Balaban J connectivity index is 1.47. The summed E-state index contributed by atoms with van der Waals surface area (Å²) in [6.07, 6.45) is 8.28. The van der Waals surface area contributed by atoms with Gasteiger partial charge in [-0.15, -0.1) is 11.3 Å². The molecule has 0 unspecified atom stereocenters. The highest BCUT2D eigenvalue weighted by Crippen LogP contribution is 2.23. The van der Waals surface area contributed by atoms with Crippen molar-refractivity contribution in [3.63, 3.8) is 0 Å². The highest BCUT2D eigenvalue weighted by Gasteiger charge is 2.30. The third-order valence-corrected chi connectivity index (χ3v) is 6.01. The summed E-state index contributed by atoms with van der Waals surface area (Å²) in [4.78, 5) is 22.7. The van der Waals surface area contributed by atoms with Crippen LogP contribution in [0.15, 0.2) is 6.20 Å². The minimum atomic E-state index is -0.0819. The number of thiazole rings is 1. The molecule has 2 aliphatic rings. The molecule has 23 heavy (non-hydrogen) atoms.